The van der Waals surface area contributed by atoms with Crippen LogP contribution in [0, 0.1) is 0 Å². The smallest absolute Gasteiger partial charge is 0.474 e. The van der Waals surface area contributed by atoms with E-state index in [0.717, 1.165) is 4.90 Å². The molecule has 0 heterocycles. The lowest BCUT2D eigenvalue weighted by Crippen LogP contribution is -2.36. The number of carbonyl (C=O) groups is 2. The molecule has 1 N–H and O–H groups in total. The molecular formula is C22H14Cl2F3NO4. The van der Waals surface area contributed by atoms with Crippen LogP contribution in [0.15, 0.2) is 66.7 Å². The third kappa shape index (κ3) is 5.93. The molecule has 0 fully saturated rings. The van der Waals surface area contributed by atoms with Crippen LogP contribution in [0.2, 0.25) is 10.0 Å². The summed E-state index contributed by atoms with van der Waals surface area (Å²) >= 11 is 12.0. The molecule has 0 aliphatic carbocycles. The summed E-state index contributed by atoms with van der Waals surface area (Å²) in [5.74, 6) is -3.15. The van der Waals surface area contributed by atoms with Crippen LogP contribution in [0.4, 0.5) is 18.9 Å². The molecule has 3 aromatic rings. The zero-order valence-corrected chi connectivity index (χ0v) is 17.6. The van der Waals surface area contributed by atoms with Crippen molar-refractivity contribution < 1.29 is 32.6 Å². The van der Waals surface area contributed by atoms with Crippen LogP contribution >= 0.6 is 23.2 Å². The number of rotatable bonds is 5. The van der Waals surface area contributed by atoms with Crippen LogP contribution in [0.3, 0.4) is 0 Å². The molecule has 3 rings (SSSR count). The average molecular weight is 484 g/mol. The number of ether oxygens (including phenoxy) is 1. The molecule has 0 atom stereocenters. The van der Waals surface area contributed by atoms with Gasteiger partial charge in [0.05, 0.1) is 6.54 Å². The van der Waals surface area contributed by atoms with Crippen LogP contribution < -0.4 is 9.64 Å². The van der Waals surface area contributed by atoms with Gasteiger partial charge in [-0.3, -0.25) is 9.69 Å². The van der Waals surface area contributed by atoms with Crippen molar-refractivity contribution in [3.05, 3.63) is 82.3 Å². The predicted octanol–water partition coefficient (Wildman–Crippen LogP) is 6.18. The van der Waals surface area contributed by atoms with Gasteiger partial charge in [0.25, 0.3) is 0 Å². The first-order chi connectivity index (χ1) is 15.0. The Bertz CT molecular complexity index is 1130. The van der Waals surface area contributed by atoms with Gasteiger partial charge in [-0.25, -0.2) is 4.79 Å². The minimum Gasteiger partial charge on any atom is -0.474 e. The van der Waals surface area contributed by atoms with Gasteiger partial charge in [0.2, 0.25) is 0 Å². The summed E-state index contributed by atoms with van der Waals surface area (Å²) in [5, 5.41) is 9.88. The van der Waals surface area contributed by atoms with Gasteiger partial charge in [0.15, 0.2) is 0 Å². The number of nitrogens with zero attached hydrogens (tertiary/aromatic N) is 1. The molecule has 0 bridgehead atoms. The molecule has 0 aliphatic rings. The highest BCUT2D eigenvalue weighted by Gasteiger charge is 2.31. The lowest BCUT2D eigenvalue weighted by molar-refractivity contribution is -0.274. The number of hydrogen-bond acceptors (Lipinski definition) is 3. The fraction of sp³-hybridized carbons (Fsp3) is 0.0909. The number of carboxylic acids is 1. The molecular weight excluding hydrogens is 470 g/mol. The van der Waals surface area contributed by atoms with Gasteiger partial charge in [0, 0.05) is 15.7 Å². The van der Waals surface area contributed by atoms with E-state index in [0.29, 0.717) is 27.4 Å². The van der Waals surface area contributed by atoms with Crippen molar-refractivity contribution in [1.29, 1.82) is 0 Å². The van der Waals surface area contributed by atoms with Crippen molar-refractivity contribution in [2.24, 2.45) is 0 Å². The maximum atomic E-state index is 12.3. The number of halogens is 5. The summed E-state index contributed by atoms with van der Waals surface area (Å²) in [6.07, 6.45) is -4.78. The highest BCUT2D eigenvalue weighted by molar-refractivity contribution is 6.37. The Labute approximate surface area is 190 Å². The lowest BCUT2D eigenvalue weighted by Gasteiger charge is -2.22. The van der Waals surface area contributed by atoms with E-state index in [4.69, 9.17) is 23.2 Å². The topological polar surface area (TPSA) is 66.8 Å². The molecule has 0 saturated carbocycles. The summed E-state index contributed by atoms with van der Waals surface area (Å²) in [4.78, 5) is 24.7. The molecule has 32 heavy (non-hydrogen) atoms. The summed E-state index contributed by atoms with van der Waals surface area (Å²) in [5.41, 5.74) is 2.03. The van der Waals surface area contributed by atoms with Crippen molar-refractivity contribution in [1.82, 2.24) is 0 Å². The Morgan fingerprint density at radius 3 is 1.97 bits per heavy atom. The van der Waals surface area contributed by atoms with Crippen LogP contribution in [0.5, 0.6) is 5.75 Å². The van der Waals surface area contributed by atoms with E-state index >= 15 is 0 Å². The van der Waals surface area contributed by atoms with Crippen molar-refractivity contribution in [2.75, 3.05) is 4.90 Å². The fourth-order valence-electron chi connectivity index (χ4n) is 2.90. The second-order valence-electron chi connectivity index (χ2n) is 6.55. The predicted molar refractivity (Wildman–Crippen MR) is 114 cm³/mol. The molecule has 1 amide bonds. The Hall–Kier alpha value is -3.23. The Morgan fingerprint density at radius 1 is 0.906 bits per heavy atom. The zero-order valence-electron chi connectivity index (χ0n) is 16.1. The summed E-state index contributed by atoms with van der Waals surface area (Å²) < 4.78 is 40.7. The molecule has 0 aromatic heterocycles. The molecule has 10 heteroatoms. The molecule has 5 nitrogen and oxygen atoms in total. The van der Waals surface area contributed by atoms with Gasteiger partial charge in [-0.15, -0.1) is 13.2 Å². The van der Waals surface area contributed by atoms with E-state index in [2.05, 4.69) is 4.74 Å². The van der Waals surface area contributed by atoms with Gasteiger partial charge in [0.1, 0.15) is 5.75 Å². The van der Waals surface area contributed by atoms with Gasteiger partial charge < -0.3 is 9.84 Å². The van der Waals surface area contributed by atoms with E-state index in [9.17, 15) is 27.9 Å². The quantitative estimate of drug-likeness (QED) is 0.440. The van der Waals surface area contributed by atoms with Gasteiger partial charge in [-0.2, -0.15) is 0 Å². The number of alkyl halides is 3. The highest BCUT2D eigenvalue weighted by Crippen LogP contribution is 2.29. The minimum atomic E-state index is -4.78. The number of carboxylic acid groups (broad SMARTS) is 1. The second kappa shape index (κ2) is 9.50. The molecule has 0 radical (unpaired) electrons. The normalized spacial score (nSPS) is 11.2. The maximum Gasteiger partial charge on any atom is 0.573 e. The van der Waals surface area contributed by atoms with E-state index in [-0.39, 0.29) is 17.3 Å². The first kappa shape index (κ1) is 23.4. The summed E-state index contributed by atoms with van der Waals surface area (Å²) in [6, 6.07) is 16.2. The molecule has 0 unspecified atom stereocenters. The number of amides is 1. The zero-order chi connectivity index (χ0) is 23.5. The van der Waals surface area contributed by atoms with Crippen molar-refractivity contribution in [3.8, 4) is 16.9 Å². The van der Waals surface area contributed by atoms with Gasteiger partial charge >= 0.3 is 18.2 Å². The number of carbonyl (C=O) groups excluding carboxylic acids is 1. The number of anilines is 1. The standard InChI is InChI=1S/C22H14Cl2F3NO4/c23-16-6-1-15(19(24)11-16)12-28(20(29)21(30)31)17-7-2-13(3-8-17)14-4-9-18(10-5-14)32-22(25,26)27/h1-11H,12H2,(H,30,31). The third-order valence-electron chi connectivity index (χ3n) is 4.37. The first-order valence-electron chi connectivity index (χ1n) is 8.98. The Kier molecular flexibility index (Phi) is 6.96. The number of hydrogen-bond donors (Lipinski definition) is 1. The van der Waals surface area contributed by atoms with Crippen LogP contribution in [-0.2, 0) is 16.1 Å². The SMILES string of the molecule is O=C(O)C(=O)N(Cc1ccc(Cl)cc1Cl)c1ccc(-c2ccc(OC(F)(F)F)cc2)cc1. The van der Waals surface area contributed by atoms with E-state index in [1.165, 1.54) is 42.5 Å². The van der Waals surface area contributed by atoms with Gasteiger partial charge in [-0.1, -0.05) is 53.5 Å². The largest absolute Gasteiger partial charge is 0.573 e. The van der Waals surface area contributed by atoms with Crippen molar-refractivity contribution in [3.63, 3.8) is 0 Å². The highest BCUT2D eigenvalue weighted by atomic mass is 35.5. The molecule has 166 valence electrons. The first-order valence-corrected chi connectivity index (χ1v) is 9.74. The van der Waals surface area contributed by atoms with Crippen LogP contribution in [-0.4, -0.2) is 23.3 Å². The van der Waals surface area contributed by atoms with E-state index in [1.807, 2.05) is 0 Å². The molecule has 3 aromatic carbocycles. The minimum absolute atomic E-state index is 0.107. The second-order valence-corrected chi connectivity index (χ2v) is 7.39. The van der Waals surface area contributed by atoms with Crippen molar-refractivity contribution >= 4 is 40.8 Å². The monoisotopic (exact) mass is 483 g/mol. The van der Waals surface area contributed by atoms with Crippen LogP contribution in [0.1, 0.15) is 5.56 Å². The third-order valence-corrected chi connectivity index (χ3v) is 4.96. The fourth-order valence-corrected chi connectivity index (χ4v) is 3.37. The molecule has 0 spiro atoms. The summed E-state index contributed by atoms with van der Waals surface area (Å²) in [6.45, 7) is -0.107. The van der Waals surface area contributed by atoms with Gasteiger partial charge in [-0.05, 0) is 53.1 Å². The van der Waals surface area contributed by atoms with E-state index in [1.54, 1.807) is 24.3 Å². The number of aliphatic carboxylic acids is 1. The van der Waals surface area contributed by atoms with Crippen LogP contribution in [0.25, 0.3) is 11.1 Å². The molecule has 0 saturated heterocycles. The lowest BCUT2D eigenvalue weighted by atomic mass is 10.0. The Balaban J connectivity index is 1.85. The van der Waals surface area contributed by atoms with E-state index < -0.39 is 18.2 Å². The number of benzene rings is 3. The summed E-state index contributed by atoms with van der Waals surface area (Å²) in [7, 11) is 0. The van der Waals surface area contributed by atoms with Crippen molar-refractivity contribution in [2.45, 2.75) is 12.9 Å². The maximum absolute atomic E-state index is 12.3. The molecule has 0 aliphatic heterocycles. The average Bonchev–Trinajstić information content (AvgIpc) is 2.72. The Morgan fingerprint density at radius 2 is 1.47 bits per heavy atom.